The highest BCUT2D eigenvalue weighted by atomic mass is 16.4. The van der Waals surface area contributed by atoms with Crippen LogP contribution in [0.15, 0.2) is 24.3 Å². The minimum atomic E-state index is -0.900. The van der Waals surface area contributed by atoms with E-state index in [4.69, 9.17) is 5.11 Å². The molecule has 1 fully saturated rings. The van der Waals surface area contributed by atoms with E-state index in [1.807, 2.05) is 4.90 Å². The molecule has 1 aliphatic heterocycles. The number of hydrogen-bond acceptors (Lipinski definition) is 2. The lowest BCUT2D eigenvalue weighted by molar-refractivity contribution is -0.136. The van der Waals surface area contributed by atoms with Gasteiger partial charge in [-0.15, -0.1) is 0 Å². The molecule has 2 N–H and O–H groups in total. The SMILES string of the molecule is CC(C)c1ccc(C2CCCN2C(=O)NCCC(=O)O)cc1. The first-order chi connectivity index (χ1) is 10.5. The van der Waals surface area contributed by atoms with Crippen molar-refractivity contribution in [1.29, 1.82) is 0 Å². The van der Waals surface area contributed by atoms with Gasteiger partial charge in [0.2, 0.25) is 0 Å². The molecule has 1 atom stereocenters. The Morgan fingerprint density at radius 1 is 1.32 bits per heavy atom. The predicted molar refractivity (Wildman–Crippen MR) is 84.9 cm³/mol. The second-order valence-electron chi connectivity index (χ2n) is 6.05. The molecule has 1 aromatic rings. The maximum absolute atomic E-state index is 12.2. The summed E-state index contributed by atoms with van der Waals surface area (Å²) in [5.74, 6) is -0.407. The van der Waals surface area contributed by atoms with E-state index in [1.54, 1.807) is 0 Å². The Labute approximate surface area is 131 Å². The number of hydrogen-bond donors (Lipinski definition) is 2. The molecular weight excluding hydrogens is 280 g/mol. The Morgan fingerprint density at radius 3 is 2.59 bits per heavy atom. The van der Waals surface area contributed by atoms with Crippen molar-refractivity contribution in [2.75, 3.05) is 13.1 Å². The lowest BCUT2D eigenvalue weighted by Crippen LogP contribution is -2.40. The number of rotatable bonds is 5. The van der Waals surface area contributed by atoms with E-state index in [2.05, 4.69) is 43.4 Å². The number of urea groups is 1. The van der Waals surface area contributed by atoms with Crippen molar-refractivity contribution in [3.63, 3.8) is 0 Å². The van der Waals surface area contributed by atoms with Crippen LogP contribution in [0, 0.1) is 0 Å². The molecule has 2 rings (SSSR count). The van der Waals surface area contributed by atoms with Gasteiger partial charge in [-0.25, -0.2) is 4.79 Å². The largest absolute Gasteiger partial charge is 0.481 e. The second kappa shape index (κ2) is 7.29. The Bertz CT molecular complexity index is 525. The standard InChI is InChI=1S/C17H24N2O3/c1-12(2)13-5-7-14(8-6-13)15-4-3-11-19(15)17(22)18-10-9-16(20)21/h5-8,12,15H,3-4,9-11H2,1-2H3,(H,18,22)(H,20,21). The first-order valence-corrected chi connectivity index (χ1v) is 7.85. The molecule has 0 radical (unpaired) electrons. The van der Waals surface area contributed by atoms with Gasteiger partial charge >= 0.3 is 12.0 Å². The topological polar surface area (TPSA) is 69.6 Å². The van der Waals surface area contributed by atoms with Gasteiger partial charge in [0.1, 0.15) is 0 Å². The van der Waals surface area contributed by atoms with Gasteiger partial charge in [0.25, 0.3) is 0 Å². The summed E-state index contributed by atoms with van der Waals surface area (Å²) in [5.41, 5.74) is 2.44. The number of amides is 2. The zero-order valence-electron chi connectivity index (χ0n) is 13.2. The second-order valence-corrected chi connectivity index (χ2v) is 6.05. The lowest BCUT2D eigenvalue weighted by Gasteiger charge is -2.25. The van der Waals surface area contributed by atoms with Crippen molar-refractivity contribution in [2.24, 2.45) is 0 Å². The average Bonchev–Trinajstić information content (AvgIpc) is 2.96. The van der Waals surface area contributed by atoms with Gasteiger partial charge < -0.3 is 15.3 Å². The van der Waals surface area contributed by atoms with E-state index in [9.17, 15) is 9.59 Å². The van der Waals surface area contributed by atoms with E-state index in [1.165, 1.54) is 5.56 Å². The highest BCUT2D eigenvalue weighted by Gasteiger charge is 2.29. The quantitative estimate of drug-likeness (QED) is 0.878. The molecule has 5 nitrogen and oxygen atoms in total. The van der Waals surface area contributed by atoms with Crippen molar-refractivity contribution in [3.05, 3.63) is 35.4 Å². The van der Waals surface area contributed by atoms with Gasteiger partial charge in [-0.3, -0.25) is 4.79 Å². The number of aliphatic carboxylic acids is 1. The van der Waals surface area contributed by atoms with Crippen LogP contribution in [0.2, 0.25) is 0 Å². The third kappa shape index (κ3) is 4.00. The van der Waals surface area contributed by atoms with Crippen LogP contribution in [0.25, 0.3) is 0 Å². The Hall–Kier alpha value is -2.04. The molecule has 1 aliphatic rings. The Balaban J connectivity index is 2.00. The number of carbonyl (C=O) groups excluding carboxylic acids is 1. The number of carboxylic acids is 1. The molecule has 0 bridgehead atoms. The van der Waals surface area contributed by atoms with Crippen LogP contribution in [0.3, 0.4) is 0 Å². The summed E-state index contributed by atoms with van der Waals surface area (Å²) in [6.07, 6.45) is 1.88. The highest BCUT2D eigenvalue weighted by Crippen LogP contribution is 2.32. The van der Waals surface area contributed by atoms with Crippen molar-refractivity contribution in [1.82, 2.24) is 10.2 Å². The van der Waals surface area contributed by atoms with Gasteiger partial charge in [0.05, 0.1) is 12.5 Å². The Morgan fingerprint density at radius 2 is 2.00 bits per heavy atom. The minimum Gasteiger partial charge on any atom is -0.481 e. The molecule has 1 saturated heterocycles. The van der Waals surface area contributed by atoms with Crippen molar-refractivity contribution < 1.29 is 14.7 Å². The maximum Gasteiger partial charge on any atom is 0.317 e. The summed E-state index contributed by atoms with van der Waals surface area (Å²) in [7, 11) is 0. The van der Waals surface area contributed by atoms with Gasteiger partial charge in [0, 0.05) is 13.1 Å². The number of nitrogens with one attached hydrogen (secondary N) is 1. The summed E-state index contributed by atoms with van der Waals surface area (Å²) in [6.45, 7) is 5.21. The van der Waals surface area contributed by atoms with Crippen LogP contribution in [0.5, 0.6) is 0 Å². The lowest BCUT2D eigenvalue weighted by atomic mass is 9.98. The Kier molecular flexibility index (Phi) is 5.41. The molecule has 0 aliphatic carbocycles. The van der Waals surface area contributed by atoms with E-state index in [0.29, 0.717) is 5.92 Å². The summed E-state index contributed by atoms with van der Waals surface area (Å²) in [4.78, 5) is 24.5. The minimum absolute atomic E-state index is 0.0483. The van der Waals surface area contributed by atoms with Crippen molar-refractivity contribution >= 4 is 12.0 Å². The fourth-order valence-corrected chi connectivity index (χ4v) is 2.84. The molecular formula is C17H24N2O3. The normalized spacial score (nSPS) is 17.8. The summed E-state index contributed by atoms with van der Waals surface area (Å²) in [6, 6.07) is 8.37. The molecule has 0 aromatic heterocycles. The highest BCUT2D eigenvalue weighted by molar-refractivity contribution is 5.76. The van der Waals surface area contributed by atoms with Gasteiger partial charge in [0.15, 0.2) is 0 Å². The maximum atomic E-state index is 12.2. The summed E-state index contributed by atoms with van der Waals surface area (Å²) < 4.78 is 0. The zero-order chi connectivity index (χ0) is 16.1. The average molecular weight is 304 g/mol. The molecule has 0 spiro atoms. The smallest absolute Gasteiger partial charge is 0.317 e. The third-order valence-electron chi connectivity index (χ3n) is 4.12. The first kappa shape index (κ1) is 16.3. The summed E-state index contributed by atoms with van der Waals surface area (Å²) in [5, 5.41) is 11.3. The van der Waals surface area contributed by atoms with E-state index in [0.717, 1.165) is 24.9 Å². The van der Waals surface area contributed by atoms with E-state index < -0.39 is 5.97 Å². The van der Waals surface area contributed by atoms with Crippen molar-refractivity contribution in [3.8, 4) is 0 Å². The monoisotopic (exact) mass is 304 g/mol. The van der Waals surface area contributed by atoms with E-state index in [-0.39, 0.29) is 25.0 Å². The predicted octanol–water partition coefficient (Wildman–Crippen LogP) is 3.13. The number of carboxylic acid groups (broad SMARTS) is 1. The first-order valence-electron chi connectivity index (χ1n) is 7.85. The molecule has 1 heterocycles. The van der Waals surface area contributed by atoms with Crippen LogP contribution in [-0.4, -0.2) is 35.1 Å². The molecule has 0 saturated carbocycles. The van der Waals surface area contributed by atoms with Crippen molar-refractivity contribution in [2.45, 2.75) is 45.1 Å². The van der Waals surface area contributed by atoms with Gasteiger partial charge in [-0.05, 0) is 29.9 Å². The van der Waals surface area contributed by atoms with Crippen LogP contribution >= 0.6 is 0 Å². The molecule has 2 amide bonds. The van der Waals surface area contributed by atoms with Crippen LogP contribution in [0.1, 0.15) is 56.2 Å². The zero-order valence-corrected chi connectivity index (χ0v) is 13.2. The molecule has 120 valence electrons. The number of likely N-dealkylation sites (tertiary alicyclic amines) is 1. The van der Waals surface area contributed by atoms with Gasteiger partial charge in [-0.1, -0.05) is 38.1 Å². The number of benzene rings is 1. The van der Waals surface area contributed by atoms with Crippen LogP contribution in [0.4, 0.5) is 4.79 Å². The third-order valence-corrected chi connectivity index (χ3v) is 4.12. The fraction of sp³-hybridized carbons (Fsp3) is 0.529. The fourth-order valence-electron chi connectivity index (χ4n) is 2.84. The molecule has 1 unspecified atom stereocenters. The number of carbonyl (C=O) groups is 2. The van der Waals surface area contributed by atoms with Crippen LogP contribution in [-0.2, 0) is 4.79 Å². The van der Waals surface area contributed by atoms with E-state index >= 15 is 0 Å². The summed E-state index contributed by atoms with van der Waals surface area (Å²) >= 11 is 0. The molecule has 22 heavy (non-hydrogen) atoms. The van der Waals surface area contributed by atoms with Gasteiger partial charge in [-0.2, -0.15) is 0 Å². The van der Waals surface area contributed by atoms with Crippen LogP contribution < -0.4 is 5.32 Å². The molecule has 5 heteroatoms. The number of nitrogens with zero attached hydrogens (tertiary/aromatic N) is 1. The molecule has 1 aromatic carbocycles.